The first-order chi connectivity index (χ1) is 12.5. The minimum Gasteiger partial charge on any atom is -0.349 e. The minimum atomic E-state index is 0.0367. The molecular weight excluding hydrogens is 367 g/mol. The molecule has 3 nitrogen and oxygen atoms in total. The van der Waals surface area contributed by atoms with Gasteiger partial charge in [-0.15, -0.1) is 0 Å². The second-order valence-electron chi connectivity index (χ2n) is 6.93. The van der Waals surface area contributed by atoms with Gasteiger partial charge in [0.25, 0.3) is 0 Å². The molecule has 0 aliphatic carbocycles. The predicted molar refractivity (Wildman–Crippen MR) is 107 cm³/mol. The van der Waals surface area contributed by atoms with Crippen molar-refractivity contribution in [3.8, 4) is 0 Å². The van der Waals surface area contributed by atoms with Crippen LogP contribution in [0.25, 0.3) is 0 Å². The van der Waals surface area contributed by atoms with Crippen molar-refractivity contribution in [2.75, 3.05) is 13.1 Å². The smallest absolute Gasteiger partial charge is 0.223 e. The lowest BCUT2D eigenvalue weighted by Gasteiger charge is -2.32. The van der Waals surface area contributed by atoms with E-state index in [0.717, 1.165) is 43.6 Å². The fourth-order valence-electron chi connectivity index (χ4n) is 3.40. The molecule has 3 rings (SSSR count). The van der Waals surface area contributed by atoms with Crippen molar-refractivity contribution in [3.63, 3.8) is 0 Å². The molecule has 1 amide bonds. The Morgan fingerprint density at radius 3 is 2.50 bits per heavy atom. The Bertz CT molecular complexity index is 743. The lowest BCUT2D eigenvalue weighted by molar-refractivity contribution is -0.127. The van der Waals surface area contributed by atoms with Crippen LogP contribution >= 0.6 is 23.2 Å². The Kier molecular flexibility index (Phi) is 6.58. The third-order valence-corrected chi connectivity index (χ3v) is 5.61. The van der Waals surface area contributed by atoms with E-state index in [0.29, 0.717) is 10.0 Å². The van der Waals surface area contributed by atoms with Gasteiger partial charge in [-0.3, -0.25) is 9.69 Å². The zero-order chi connectivity index (χ0) is 18.5. The van der Waals surface area contributed by atoms with Crippen molar-refractivity contribution >= 4 is 29.1 Å². The van der Waals surface area contributed by atoms with E-state index in [1.165, 1.54) is 0 Å². The van der Waals surface area contributed by atoms with Gasteiger partial charge in [-0.05, 0) is 56.1 Å². The SMILES string of the molecule is CC(NC(=O)C1CCN(Cc2ccc(Cl)cc2Cl)CC1)c1ccccc1. The van der Waals surface area contributed by atoms with Gasteiger partial charge in [0.2, 0.25) is 5.91 Å². The van der Waals surface area contributed by atoms with Gasteiger partial charge in [0.05, 0.1) is 6.04 Å². The molecule has 1 saturated heterocycles. The number of piperidine rings is 1. The van der Waals surface area contributed by atoms with Crippen molar-refractivity contribution in [1.29, 1.82) is 0 Å². The molecule has 1 fully saturated rings. The minimum absolute atomic E-state index is 0.0367. The molecule has 5 heteroatoms. The van der Waals surface area contributed by atoms with Crippen molar-refractivity contribution in [2.24, 2.45) is 5.92 Å². The first kappa shape index (κ1) is 19.2. The number of nitrogens with one attached hydrogen (secondary N) is 1. The van der Waals surface area contributed by atoms with Crippen LogP contribution in [-0.2, 0) is 11.3 Å². The highest BCUT2D eigenvalue weighted by Gasteiger charge is 2.26. The van der Waals surface area contributed by atoms with Crippen molar-refractivity contribution in [1.82, 2.24) is 10.2 Å². The molecule has 2 aromatic carbocycles. The van der Waals surface area contributed by atoms with E-state index < -0.39 is 0 Å². The second kappa shape index (κ2) is 8.90. The number of carbonyl (C=O) groups is 1. The van der Waals surface area contributed by atoms with Crippen LogP contribution < -0.4 is 5.32 Å². The maximum atomic E-state index is 12.6. The van der Waals surface area contributed by atoms with Crippen LogP contribution in [0.15, 0.2) is 48.5 Å². The van der Waals surface area contributed by atoms with Crippen molar-refractivity contribution in [2.45, 2.75) is 32.4 Å². The van der Waals surface area contributed by atoms with Gasteiger partial charge in [-0.1, -0.05) is 59.6 Å². The van der Waals surface area contributed by atoms with E-state index in [-0.39, 0.29) is 17.9 Å². The van der Waals surface area contributed by atoms with Crippen LogP contribution in [0.2, 0.25) is 10.0 Å². The average Bonchev–Trinajstić information content (AvgIpc) is 2.65. The Hall–Kier alpha value is -1.55. The molecule has 1 atom stereocenters. The summed E-state index contributed by atoms with van der Waals surface area (Å²) in [7, 11) is 0. The highest BCUT2D eigenvalue weighted by Crippen LogP contribution is 2.25. The maximum absolute atomic E-state index is 12.6. The molecule has 1 aliphatic rings. The first-order valence-corrected chi connectivity index (χ1v) is 9.80. The summed E-state index contributed by atoms with van der Waals surface area (Å²) in [6.45, 7) is 4.63. The monoisotopic (exact) mass is 390 g/mol. The summed E-state index contributed by atoms with van der Waals surface area (Å²) in [5.41, 5.74) is 2.22. The van der Waals surface area contributed by atoms with Gasteiger partial charge in [0.15, 0.2) is 0 Å². The summed E-state index contributed by atoms with van der Waals surface area (Å²) < 4.78 is 0. The Morgan fingerprint density at radius 2 is 1.85 bits per heavy atom. The molecule has 0 aromatic heterocycles. The van der Waals surface area contributed by atoms with E-state index in [9.17, 15) is 4.79 Å². The highest BCUT2D eigenvalue weighted by molar-refractivity contribution is 6.35. The third kappa shape index (κ3) is 5.00. The van der Waals surface area contributed by atoms with Crippen LogP contribution in [0.4, 0.5) is 0 Å². The Labute approximate surface area is 165 Å². The molecule has 2 aromatic rings. The van der Waals surface area contributed by atoms with Gasteiger partial charge < -0.3 is 5.32 Å². The number of likely N-dealkylation sites (tertiary alicyclic amines) is 1. The number of nitrogens with zero attached hydrogens (tertiary/aromatic N) is 1. The Morgan fingerprint density at radius 1 is 1.15 bits per heavy atom. The fourth-order valence-corrected chi connectivity index (χ4v) is 3.87. The topological polar surface area (TPSA) is 32.3 Å². The molecule has 138 valence electrons. The summed E-state index contributed by atoms with van der Waals surface area (Å²) >= 11 is 12.2. The van der Waals surface area contributed by atoms with Crippen LogP contribution in [0.5, 0.6) is 0 Å². The number of benzene rings is 2. The van der Waals surface area contributed by atoms with Gasteiger partial charge in [-0.25, -0.2) is 0 Å². The molecule has 1 N–H and O–H groups in total. The average molecular weight is 391 g/mol. The summed E-state index contributed by atoms with van der Waals surface area (Å²) in [6, 6.07) is 15.7. The maximum Gasteiger partial charge on any atom is 0.223 e. The third-order valence-electron chi connectivity index (χ3n) is 5.03. The molecule has 0 saturated carbocycles. The zero-order valence-corrected chi connectivity index (χ0v) is 16.4. The van der Waals surface area contributed by atoms with Crippen molar-refractivity contribution in [3.05, 3.63) is 69.7 Å². The largest absolute Gasteiger partial charge is 0.349 e. The van der Waals surface area contributed by atoms with E-state index in [1.807, 2.05) is 49.4 Å². The summed E-state index contributed by atoms with van der Waals surface area (Å²) in [4.78, 5) is 14.9. The van der Waals surface area contributed by atoms with Crippen LogP contribution in [0.3, 0.4) is 0 Å². The summed E-state index contributed by atoms with van der Waals surface area (Å²) in [5.74, 6) is 0.239. The highest BCUT2D eigenvalue weighted by atomic mass is 35.5. The normalized spacial score (nSPS) is 17.0. The van der Waals surface area contributed by atoms with Crippen molar-refractivity contribution < 1.29 is 4.79 Å². The second-order valence-corrected chi connectivity index (χ2v) is 7.77. The molecule has 0 spiro atoms. The quantitative estimate of drug-likeness (QED) is 0.771. The lowest BCUT2D eigenvalue weighted by atomic mass is 9.95. The van der Waals surface area contributed by atoms with Gasteiger partial charge in [0, 0.05) is 22.5 Å². The fraction of sp³-hybridized carbons (Fsp3) is 0.381. The molecule has 26 heavy (non-hydrogen) atoms. The molecular formula is C21H24Cl2N2O. The van der Waals surface area contributed by atoms with Gasteiger partial charge >= 0.3 is 0 Å². The first-order valence-electron chi connectivity index (χ1n) is 9.04. The van der Waals surface area contributed by atoms with E-state index in [1.54, 1.807) is 6.07 Å². The number of hydrogen-bond acceptors (Lipinski definition) is 2. The number of hydrogen-bond donors (Lipinski definition) is 1. The molecule has 1 aliphatic heterocycles. The molecule has 0 bridgehead atoms. The lowest BCUT2D eigenvalue weighted by Crippen LogP contribution is -2.40. The van der Waals surface area contributed by atoms with E-state index in [2.05, 4.69) is 10.2 Å². The number of carbonyl (C=O) groups excluding carboxylic acids is 1. The van der Waals surface area contributed by atoms with E-state index in [4.69, 9.17) is 23.2 Å². The van der Waals surface area contributed by atoms with Gasteiger partial charge in [-0.2, -0.15) is 0 Å². The molecule has 1 heterocycles. The van der Waals surface area contributed by atoms with Crippen LogP contribution in [0.1, 0.15) is 36.9 Å². The van der Waals surface area contributed by atoms with E-state index >= 15 is 0 Å². The number of halogens is 2. The van der Waals surface area contributed by atoms with Gasteiger partial charge in [0.1, 0.15) is 0 Å². The molecule has 0 radical (unpaired) electrons. The zero-order valence-electron chi connectivity index (χ0n) is 14.9. The Balaban J connectivity index is 1.49. The van der Waals surface area contributed by atoms with Crippen LogP contribution in [0, 0.1) is 5.92 Å². The summed E-state index contributed by atoms with van der Waals surface area (Å²) in [5, 5.41) is 4.51. The molecule has 1 unspecified atom stereocenters. The summed E-state index contributed by atoms with van der Waals surface area (Å²) in [6.07, 6.45) is 1.75. The standard InChI is InChI=1S/C21H24Cl2N2O/c1-15(16-5-3-2-4-6-16)24-21(26)17-9-11-25(12-10-17)14-18-7-8-19(22)13-20(18)23/h2-8,13,15,17H,9-12,14H2,1H3,(H,24,26). The predicted octanol–water partition coefficient (Wildman–Crippen LogP) is 5.08. The number of rotatable bonds is 5. The van der Waals surface area contributed by atoms with Crippen LogP contribution in [-0.4, -0.2) is 23.9 Å². The number of amides is 1.